The molecule has 3 N–H and O–H groups in total. The molecule has 0 atom stereocenters. The average Bonchev–Trinajstić information content (AvgIpc) is 2.25. The number of nitrogens with zero attached hydrogens (tertiary/aromatic N) is 2. The minimum Gasteiger partial charge on any atom is -0.370 e. The molecule has 0 bridgehead atoms. The third-order valence-electron chi connectivity index (χ3n) is 2.33. The molecule has 5 nitrogen and oxygen atoms in total. The third kappa shape index (κ3) is 4.62. The molecule has 1 aromatic heterocycles. The van der Waals surface area contributed by atoms with Crippen molar-refractivity contribution >= 4 is 5.91 Å². The molecule has 0 unspecified atom stereocenters. The van der Waals surface area contributed by atoms with Gasteiger partial charge in [-0.15, -0.1) is 0 Å². The Morgan fingerprint density at radius 1 is 1.65 bits per heavy atom. The summed E-state index contributed by atoms with van der Waals surface area (Å²) in [4.78, 5) is 14.7. The van der Waals surface area contributed by atoms with E-state index in [2.05, 4.69) is 10.3 Å². The van der Waals surface area contributed by atoms with Crippen molar-refractivity contribution in [1.82, 2.24) is 10.3 Å². The standard InChI is InChI=1S/C12H16N4O/c1-12(2,6-11(14)17)16-8-9-3-4-15-10(5-9)7-13/h3-5,16H,6,8H2,1-2H3,(H2,14,17). The topological polar surface area (TPSA) is 91.8 Å². The zero-order chi connectivity index (χ0) is 12.9. The molecular weight excluding hydrogens is 216 g/mol. The minimum atomic E-state index is -0.359. The lowest BCUT2D eigenvalue weighted by molar-refractivity contribution is -0.119. The quantitative estimate of drug-likeness (QED) is 0.781. The highest BCUT2D eigenvalue weighted by Crippen LogP contribution is 2.09. The van der Waals surface area contributed by atoms with Crippen LogP contribution >= 0.6 is 0 Å². The first-order chi connectivity index (χ1) is 7.93. The maximum absolute atomic E-state index is 10.9. The number of carbonyl (C=O) groups excluding carboxylic acids is 1. The fourth-order valence-corrected chi connectivity index (χ4v) is 1.48. The van der Waals surface area contributed by atoms with Gasteiger partial charge in [0.05, 0.1) is 0 Å². The Balaban J connectivity index is 2.61. The fraction of sp³-hybridized carbons (Fsp3) is 0.417. The summed E-state index contributed by atoms with van der Waals surface area (Å²) < 4.78 is 0. The number of amides is 1. The molecule has 0 radical (unpaired) electrons. The van der Waals surface area contributed by atoms with Crippen molar-refractivity contribution in [3.63, 3.8) is 0 Å². The maximum atomic E-state index is 10.9. The fourth-order valence-electron chi connectivity index (χ4n) is 1.48. The average molecular weight is 232 g/mol. The third-order valence-corrected chi connectivity index (χ3v) is 2.33. The second-order valence-corrected chi connectivity index (χ2v) is 4.54. The highest BCUT2D eigenvalue weighted by Gasteiger charge is 2.19. The molecule has 1 aromatic rings. The van der Waals surface area contributed by atoms with Gasteiger partial charge in [0.25, 0.3) is 0 Å². The summed E-state index contributed by atoms with van der Waals surface area (Å²) in [6, 6.07) is 5.53. The number of hydrogen-bond donors (Lipinski definition) is 2. The number of nitrogens with two attached hydrogens (primary N) is 1. The summed E-state index contributed by atoms with van der Waals surface area (Å²) in [5.74, 6) is -0.338. The van der Waals surface area contributed by atoms with Crippen LogP contribution in [0.1, 0.15) is 31.5 Å². The summed E-state index contributed by atoms with van der Waals surface area (Å²) in [6.07, 6.45) is 1.86. The first-order valence-corrected chi connectivity index (χ1v) is 5.31. The molecule has 0 fully saturated rings. The van der Waals surface area contributed by atoms with Gasteiger partial charge in [-0.3, -0.25) is 4.79 Å². The van der Waals surface area contributed by atoms with E-state index in [0.717, 1.165) is 5.56 Å². The number of nitriles is 1. The number of primary amides is 1. The van der Waals surface area contributed by atoms with Crippen molar-refractivity contribution in [2.24, 2.45) is 5.73 Å². The van der Waals surface area contributed by atoms with E-state index < -0.39 is 0 Å². The molecular formula is C12H16N4O. The smallest absolute Gasteiger partial charge is 0.219 e. The summed E-state index contributed by atoms with van der Waals surface area (Å²) in [5, 5.41) is 11.9. The normalized spacial score (nSPS) is 10.9. The van der Waals surface area contributed by atoms with Crippen LogP contribution in [-0.4, -0.2) is 16.4 Å². The van der Waals surface area contributed by atoms with Gasteiger partial charge in [-0.2, -0.15) is 5.26 Å². The number of aromatic nitrogens is 1. The van der Waals surface area contributed by atoms with Gasteiger partial charge in [-0.05, 0) is 31.5 Å². The van der Waals surface area contributed by atoms with E-state index in [1.54, 1.807) is 12.3 Å². The van der Waals surface area contributed by atoms with Gasteiger partial charge in [0.1, 0.15) is 11.8 Å². The molecule has 1 rings (SSSR count). The van der Waals surface area contributed by atoms with E-state index >= 15 is 0 Å². The summed E-state index contributed by atoms with van der Waals surface area (Å²) in [5.41, 5.74) is 6.14. The van der Waals surface area contributed by atoms with Crippen molar-refractivity contribution in [1.29, 1.82) is 5.26 Å². The predicted molar refractivity (Wildman–Crippen MR) is 63.7 cm³/mol. The van der Waals surface area contributed by atoms with Gasteiger partial charge in [0.2, 0.25) is 5.91 Å². The van der Waals surface area contributed by atoms with Gasteiger partial charge < -0.3 is 11.1 Å². The lowest BCUT2D eigenvalue weighted by Crippen LogP contribution is -2.42. The van der Waals surface area contributed by atoms with Gasteiger partial charge >= 0.3 is 0 Å². The Bertz CT molecular complexity index is 448. The first kappa shape index (κ1) is 13.1. The molecule has 0 saturated carbocycles. The van der Waals surface area contributed by atoms with Crippen LogP contribution in [0.25, 0.3) is 0 Å². The van der Waals surface area contributed by atoms with Crippen molar-refractivity contribution in [3.8, 4) is 6.07 Å². The predicted octanol–water partition coefficient (Wildman–Crippen LogP) is 0.697. The largest absolute Gasteiger partial charge is 0.370 e. The van der Waals surface area contributed by atoms with Crippen molar-refractivity contribution in [2.75, 3.05) is 0 Å². The van der Waals surface area contributed by atoms with Crippen molar-refractivity contribution in [3.05, 3.63) is 29.6 Å². The molecule has 5 heteroatoms. The van der Waals surface area contributed by atoms with Crippen LogP contribution in [0, 0.1) is 11.3 Å². The number of rotatable bonds is 5. The van der Waals surface area contributed by atoms with Crippen LogP contribution in [0.5, 0.6) is 0 Å². The second kappa shape index (κ2) is 5.41. The Labute approximate surface area is 101 Å². The molecule has 0 spiro atoms. The molecule has 1 heterocycles. The van der Waals surface area contributed by atoms with E-state index in [1.165, 1.54) is 0 Å². The van der Waals surface area contributed by atoms with E-state index in [1.807, 2.05) is 26.0 Å². The number of carbonyl (C=O) groups is 1. The lowest BCUT2D eigenvalue weighted by Gasteiger charge is -2.24. The van der Waals surface area contributed by atoms with Gasteiger partial charge in [0, 0.05) is 24.7 Å². The van der Waals surface area contributed by atoms with E-state index in [-0.39, 0.29) is 17.9 Å². The molecule has 90 valence electrons. The molecule has 0 aliphatic rings. The van der Waals surface area contributed by atoms with Crippen LogP contribution in [0.15, 0.2) is 18.3 Å². The van der Waals surface area contributed by atoms with Crippen LogP contribution in [-0.2, 0) is 11.3 Å². The molecule has 1 amide bonds. The highest BCUT2D eigenvalue weighted by molar-refractivity contribution is 5.74. The monoisotopic (exact) mass is 232 g/mol. The zero-order valence-corrected chi connectivity index (χ0v) is 10.0. The van der Waals surface area contributed by atoms with E-state index in [9.17, 15) is 4.79 Å². The summed E-state index contributed by atoms with van der Waals surface area (Å²) in [7, 11) is 0. The molecule has 17 heavy (non-hydrogen) atoms. The van der Waals surface area contributed by atoms with Crippen molar-refractivity contribution in [2.45, 2.75) is 32.4 Å². The molecule has 0 aromatic carbocycles. The van der Waals surface area contributed by atoms with Crippen LogP contribution < -0.4 is 11.1 Å². The van der Waals surface area contributed by atoms with Crippen LogP contribution in [0.2, 0.25) is 0 Å². The highest BCUT2D eigenvalue weighted by atomic mass is 16.1. The SMILES string of the molecule is CC(C)(CC(N)=O)NCc1ccnc(C#N)c1. The van der Waals surface area contributed by atoms with E-state index in [4.69, 9.17) is 11.0 Å². The Morgan fingerprint density at radius 2 is 2.35 bits per heavy atom. The molecule has 0 aliphatic carbocycles. The van der Waals surface area contributed by atoms with Crippen LogP contribution in [0.3, 0.4) is 0 Å². The minimum absolute atomic E-state index is 0.267. The summed E-state index contributed by atoms with van der Waals surface area (Å²) in [6.45, 7) is 4.38. The Morgan fingerprint density at radius 3 is 2.94 bits per heavy atom. The Kier molecular flexibility index (Phi) is 4.18. The van der Waals surface area contributed by atoms with Gasteiger partial charge in [-0.25, -0.2) is 4.98 Å². The Hall–Kier alpha value is -1.93. The number of pyridine rings is 1. The first-order valence-electron chi connectivity index (χ1n) is 5.31. The molecule has 0 aliphatic heterocycles. The second-order valence-electron chi connectivity index (χ2n) is 4.54. The maximum Gasteiger partial charge on any atom is 0.219 e. The molecule has 0 saturated heterocycles. The van der Waals surface area contributed by atoms with Crippen LogP contribution in [0.4, 0.5) is 0 Å². The zero-order valence-electron chi connectivity index (χ0n) is 10.0. The number of nitrogens with one attached hydrogen (secondary N) is 1. The van der Waals surface area contributed by atoms with Gasteiger partial charge in [0.15, 0.2) is 0 Å². The van der Waals surface area contributed by atoms with Crippen molar-refractivity contribution < 1.29 is 4.79 Å². The number of hydrogen-bond acceptors (Lipinski definition) is 4. The van der Waals surface area contributed by atoms with E-state index in [0.29, 0.717) is 12.2 Å². The lowest BCUT2D eigenvalue weighted by atomic mass is 10.00. The summed E-state index contributed by atoms with van der Waals surface area (Å²) >= 11 is 0. The van der Waals surface area contributed by atoms with Gasteiger partial charge in [-0.1, -0.05) is 0 Å².